The van der Waals surface area contributed by atoms with Crippen molar-refractivity contribution in [1.82, 2.24) is 9.88 Å². The van der Waals surface area contributed by atoms with Crippen molar-refractivity contribution in [2.24, 2.45) is 5.92 Å². The van der Waals surface area contributed by atoms with Crippen LogP contribution in [0.5, 0.6) is 0 Å². The molecule has 1 aromatic carbocycles. The second-order valence-electron chi connectivity index (χ2n) is 7.26. The van der Waals surface area contributed by atoms with Crippen molar-refractivity contribution in [3.8, 4) is 0 Å². The van der Waals surface area contributed by atoms with Gasteiger partial charge >= 0.3 is 0 Å². The summed E-state index contributed by atoms with van der Waals surface area (Å²) in [4.78, 5) is 32.4. The van der Waals surface area contributed by atoms with Crippen LogP contribution in [-0.4, -0.2) is 52.5 Å². The Morgan fingerprint density at radius 2 is 1.96 bits per heavy atom. The molecule has 0 spiro atoms. The number of likely N-dealkylation sites (tertiary alicyclic amines) is 1. The van der Waals surface area contributed by atoms with Gasteiger partial charge in [0.1, 0.15) is 0 Å². The largest absolute Gasteiger partial charge is 0.391 e. The Kier molecular flexibility index (Phi) is 4.90. The molecule has 1 N–H and O–H groups in total. The second-order valence-corrected chi connectivity index (χ2v) is 7.26. The lowest BCUT2D eigenvalue weighted by atomic mass is 10.00. The number of aromatic nitrogens is 1. The number of aliphatic hydroxyl groups is 1. The van der Waals surface area contributed by atoms with E-state index < -0.39 is 6.10 Å². The summed E-state index contributed by atoms with van der Waals surface area (Å²) in [6.07, 6.45) is 3.32. The molecule has 6 heteroatoms. The number of aliphatic hydroxyl groups excluding tert-OH is 1. The lowest BCUT2D eigenvalue weighted by molar-refractivity contribution is -0.117. The van der Waals surface area contributed by atoms with Crippen molar-refractivity contribution >= 4 is 17.5 Å². The maximum absolute atomic E-state index is 12.8. The third-order valence-corrected chi connectivity index (χ3v) is 5.39. The molecule has 2 aromatic rings. The fourth-order valence-electron chi connectivity index (χ4n) is 3.90. The number of carbonyl (C=O) groups excluding carboxylic acids is 2. The number of anilines is 1. The van der Waals surface area contributed by atoms with E-state index >= 15 is 0 Å². The molecule has 0 saturated carbocycles. The molecule has 2 saturated heterocycles. The maximum Gasteiger partial charge on any atom is 0.253 e. The first-order chi connectivity index (χ1) is 13.1. The standard InChI is InChI=1S/C21H23N3O3/c25-19-14-23(13-16(19)12-17-4-1-2-10-22-17)21(27)15-6-8-18(9-7-15)24-11-3-5-20(24)26/h1-2,4,6-10,16,19,25H,3,5,11-14H2/t16-,19-/m1/s1. The number of benzene rings is 1. The van der Waals surface area contributed by atoms with Gasteiger partial charge in [-0.25, -0.2) is 0 Å². The molecule has 2 aliphatic heterocycles. The van der Waals surface area contributed by atoms with Gasteiger partial charge in [-0.15, -0.1) is 0 Å². The molecule has 4 rings (SSSR count). The van der Waals surface area contributed by atoms with Crippen molar-refractivity contribution in [2.75, 3.05) is 24.5 Å². The molecule has 2 aliphatic rings. The highest BCUT2D eigenvalue weighted by Crippen LogP contribution is 2.25. The number of rotatable bonds is 4. The van der Waals surface area contributed by atoms with Crippen molar-refractivity contribution in [2.45, 2.75) is 25.4 Å². The molecule has 0 aliphatic carbocycles. The van der Waals surface area contributed by atoms with Gasteiger partial charge in [-0.2, -0.15) is 0 Å². The van der Waals surface area contributed by atoms with E-state index in [4.69, 9.17) is 0 Å². The minimum atomic E-state index is -0.544. The SMILES string of the molecule is O=C(c1ccc(N2CCCC2=O)cc1)N1C[C@@H](Cc2ccccn2)[C@H](O)C1. The van der Waals surface area contributed by atoms with Gasteiger partial charge < -0.3 is 14.9 Å². The van der Waals surface area contributed by atoms with Crippen molar-refractivity contribution in [1.29, 1.82) is 0 Å². The Bertz CT molecular complexity index is 822. The lowest BCUT2D eigenvalue weighted by Gasteiger charge is -2.18. The zero-order valence-electron chi connectivity index (χ0n) is 15.1. The van der Waals surface area contributed by atoms with E-state index in [1.165, 1.54) is 0 Å². The maximum atomic E-state index is 12.8. The molecule has 6 nitrogen and oxygen atoms in total. The summed E-state index contributed by atoms with van der Waals surface area (Å²) < 4.78 is 0. The molecule has 0 unspecified atom stereocenters. The van der Waals surface area contributed by atoms with E-state index in [1.807, 2.05) is 30.3 Å². The minimum absolute atomic E-state index is 0.00894. The molecule has 0 bridgehead atoms. The number of β-amino-alcohol motifs (C(OH)–C–C–N with tert-alkyl or cyclic N) is 1. The molecular weight excluding hydrogens is 342 g/mol. The number of amides is 2. The van der Waals surface area contributed by atoms with Crippen LogP contribution in [0.25, 0.3) is 0 Å². The third-order valence-electron chi connectivity index (χ3n) is 5.39. The summed E-state index contributed by atoms with van der Waals surface area (Å²) in [6, 6.07) is 12.9. The van der Waals surface area contributed by atoms with Crippen LogP contribution in [0, 0.1) is 5.92 Å². The summed E-state index contributed by atoms with van der Waals surface area (Å²) in [6.45, 7) is 1.59. The summed E-state index contributed by atoms with van der Waals surface area (Å²) >= 11 is 0. The van der Waals surface area contributed by atoms with E-state index in [-0.39, 0.29) is 17.7 Å². The van der Waals surface area contributed by atoms with Crippen LogP contribution in [0.3, 0.4) is 0 Å². The van der Waals surface area contributed by atoms with Crippen LogP contribution in [0.1, 0.15) is 28.9 Å². The fraction of sp³-hybridized carbons (Fsp3) is 0.381. The number of nitrogens with zero attached hydrogens (tertiary/aromatic N) is 3. The first kappa shape index (κ1) is 17.7. The average Bonchev–Trinajstić information content (AvgIpc) is 3.28. The van der Waals surface area contributed by atoms with Gasteiger partial charge in [0, 0.05) is 55.1 Å². The van der Waals surface area contributed by atoms with Crippen LogP contribution < -0.4 is 4.90 Å². The quantitative estimate of drug-likeness (QED) is 0.898. The number of pyridine rings is 1. The zero-order chi connectivity index (χ0) is 18.8. The predicted molar refractivity (Wildman–Crippen MR) is 101 cm³/mol. The van der Waals surface area contributed by atoms with E-state index in [0.29, 0.717) is 31.5 Å². The van der Waals surface area contributed by atoms with Gasteiger partial charge in [-0.1, -0.05) is 6.07 Å². The highest BCUT2D eigenvalue weighted by atomic mass is 16.3. The van der Waals surface area contributed by atoms with Crippen LogP contribution in [0.4, 0.5) is 5.69 Å². The van der Waals surface area contributed by atoms with Gasteiger partial charge in [0.15, 0.2) is 0 Å². The van der Waals surface area contributed by atoms with E-state index in [9.17, 15) is 14.7 Å². The molecule has 27 heavy (non-hydrogen) atoms. The topological polar surface area (TPSA) is 73.7 Å². The Labute approximate surface area is 158 Å². The van der Waals surface area contributed by atoms with E-state index in [1.54, 1.807) is 28.1 Å². The van der Waals surface area contributed by atoms with Gasteiger partial charge in [-0.3, -0.25) is 14.6 Å². The second kappa shape index (κ2) is 7.48. The number of hydrogen-bond donors (Lipinski definition) is 1. The Morgan fingerprint density at radius 1 is 1.15 bits per heavy atom. The molecule has 0 radical (unpaired) electrons. The van der Waals surface area contributed by atoms with Crippen LogP contribution in [-0.2, 0) is 11.2 Å². The highest BCUT2D eigenvalue weighted by molar-refractivity contribution is 5.97. The van der Waals surface area contributed by atoms with Gasteiger partial charge in [0.2, 0.25) is 5.91 Å². The van der Waals surface area contributed by atoms with E-state index in [2.05, 4.69) is 4.98 Å². The fourth-order valence-corrected chi connectivity index (χ4v) is 3.90. The molecule has 2 amide bonds. The molecule has 3 heterocycles. The Balaban J connectivity index is 1.41. The van der Waals surface area contributed by atoms with Gasteiger partial charge in [0.05, 0.1) is 6.10 Å². The van der Waals surface area contributed by atoms with Crippen LogP contribution in [0.15, 0.2) is 48.7 Å². The first-order valence-corrected chi connectivity index (χ1v) is 9.39. The predicted octanol–water partition coefficient (Wildman–Crippen LogP) is 1.88. The summed E-state index contributed by atoms with van der Waals surface area (Å²) in [5.74, 6) is 0.0383. The molecule has 1 aromatic heterocycles. The minimum Gasteiger partial charge on any atom is -0.391 e. The molecular formula is C21H23N3O3. The van der Waals surface area contributed by atoms with Gasteiger partial charge in [0.25, 0.3) is 5.91 Å². The summed E-state index contributed by atoms with van der Waals surface area (Å²) in [7, 11) is 0. The average molecular weight is 365 g/mol. The Hall–Kier alpha value is -2.73. The molecule has 2 fully saturated rings. The monoisotopic (exact) mass is 365 g/mol. The summed E-state index contributed by atoms with van der Waals surface area (Å²) in [5.41, 5.74) is 2.34. The van der Waals surface area contributed by atoms with Crippen LogP contribution >= 0.6 is 0 Å². The highest BCUT2D eigenvalue weighted by Gasteiger charge is 2.34. The lowest BCUT2D eigenvalue weighted by Crippen LogP contribution is -2.29. The van der Waals surface area contributed by atoms with Crippen molar-refractivity contribution in [3.63, 3.8) is 0 Å². The molecule has 140 valence electrons. The number of carbonyl (C=O) groups is 2. The van der Waals surface area contributed by atoms with Crippen molar-refractivity contribution in [3.05, 3.63) is 59.9 Å². The van der Waals surface area contributed by atoms with Gasteiger partial charge in [-0.05, 0) is 49.2 Å². The zero-order valence-corrected chi connectivity index (χ0v) is 15.1. The molecule has 2 atom stereocenters. The smallest absolute Gasteiger partial charge is 0.253 e. The normalized spacial score (nSPS) is 22.5. The Morgan fingerprint density at radius 3 is 2.63 bits per heavy atom. The van der Waals surface area contributed by atoms with Crippen LogP contribution in [0.2, 0.25) is 0 Å². The summed E-state index contributed by atoms with van der Waals surface area (Å²) in [5, 5.41) is 10.4. The third kappa shape index (κ3) is 3.71. The number of hydrogen-bond acceptors (Lipinski definition) is 4. The van der Waals surface area contributed by atoms with Crippen molar-refractivity contribution < 1.29 is 14.7 Å². The first-order valence-electron chi connectivity index (χ1n) is 9.39. The van der Waals surface area contributed by atoms with E-state index in [0.717, 1.165) is 24.3 Å².